The normalized spacial score (nSPS) is 15.6. The summed E-state index contributed by atoms with van der Waals surface area (Å²) in [6, 6.07) is 18.2. The largest absolute Gasteiger partial charge is 0.325 e. The molecule has 3 rings (SSSR count). The summed E-state index contributed by atoms with van der Waals surface area (Å²) in [5.74, 6) is 2.42. The fourth-order valence-electron chi connectivity index (χ4n) is 2.59. The van der Waals surface area contributed by atoms with E-state index in [2.05, 4.69) is 17.4 Å². The van der Waals surface area contributed by atoms with Gasteiger partial charge in [-0.25, -0.2) is 0 Å². The van der Waals surface area contributed by atoms with Crippen LogP contribution in [0.4, 0.5) is 5.69 Å². The number of thioether (sulfide) groups is 2. The molecule has 1 fully saturated rings. The molecule has 0 aliphatic carbocycles. The van der Waals surface area contributed by atoms with Crippen molar-refractivity contribution in [3.05, 3.63) is 65.7 Å². The predicted octanol–water partition coefficient (Wildman–Crippen LogP) is 5.08. The zero-order chi connectivity index (χ0) is 16.3. The third-order valence-electron chi connectivity index (χ3n) is 4.10. The van der Waals surface area contributed by atoms with E-state index >= 15 is 0 Å². The lowest BCUT2D eigenvalue weighted by molar-refractivity contribution is -0.120. The van der Waals surface area contributed by atoms with Gasteiger partial charge in [0.1, 0.15) is 0 Å². The highest BCUT2D eigenvalue weighted by Crippen LogP contribution is 2.45. The van der Waals surface area contributed by atoms with Gasteiger partial charge in [0.05, 0.1) is 10.00 Å². The molecule has 1 aliphatic rings. The molecule has 0 saturated carbocycles. The molecule has 4 heteroatoms. The van der Waals surface area contributed by atoms with Crippen LogP contribution in [0.1, 0.15) is 29.6 Å². The summed E-state index contributed by atoms with van der Waals surface area (Å²) in [7, 11) is 0. The average molecular weight is 344 g/mol. The van der Waals surface area contributed by atoms with Crippen LogP contribution >= 0.6 is 23.5 Å². The summed E-state index contributed by atoms with van der Waals surface area (Å²) < 4.78 is 0.494. The van der Waals surface area contributed by atoms with Crippen molar-refractivity contribution in [3.8, 4) is 0 Å². The minimum absolute atomic E-state index is 0.0209. The second-order valence-electron chi connectivity index (χ2n) is 6.14. The summed E-state index contributed by atoms with van der Waals surface area (Å²) in [6.07, 6.45) is 0. The van der Waals surface area contributed by atoms with E-state index in [0.717, 1.165) is 11.3 Å². The number of carbonyl (C=O) groups is 1. The van der Waals surface area contributed by atoms with E-state index in [1.807, 2.05) is 79.8 Å². The van der Waals surface area contributed by atoms with Gasteiger partial charge in [-0.1, -0.05) is 42.5 Å². The van der Waals surface area contributed by atoms with Crippen molar-refractivity contribution >= 4 is 35.1 Å². The van der Waals surface area contributed by atoms with Crippen molar-refractivity contribution in [2.45, 2.75) is 23.8 Å². The van der Waals surface area contributed by atoms with Gasteiger partial charge in [0.2, 0.25) is 5.91 Å². The molecule has 1 aliphatic heterocycles. The molecule has 0 unspecified atom stereocenters. The summed E-state index contributed by atoms with van der Waals surface area (Å²) in [4.78, 5) is 12.7. The predicted molar refractivity (Wildman–Crippen MR) is 102 cm³/mol. The van der Waals surface area contributed by atoms with Crippen LogP contribution in [-0.2, 0) is 10.2 Å². The molecule has 0 aromatic heterocycles. The summed E-state index contributed by atoms with van der Waals surface area (Å²) in [5, 5.41) is 3.09. The maximum absolute atomic E-state index is 12.7. The van der Waals surface area contributed by atoms with Crippen LogP contribution in [0.5, 0.6) is 0 Å². The molecular formula is C19H21NOS2. The Hall–Kier alpha value is -1.39. The molecule has 2 aromatic carbocycles. The van der Waals surface area contributed by atoms with Gasteiger partial charge in [-0.15, -0.1) is 23.5 Å². The number of benzene rings is 2. The first-order chi connectivity index (χ1) is 11.1. The van der Waals surface area contributed by atoms with Gasteiger partial charge in [-0.3, -0.25) is 4.79 Å². The minimum atomic E-state index is -0.561. The standard InChI is InChI=1S/C19H21NOS2/c1-19(2,15-8-4-3-5-9-15)18(21)20-16-10-6-7-14(13-16)17-22-11-12-23-17/h3-10,13,17H,11-12H2,1-2H3,(H,20,21). The maximum Gasteiger partial charge on any atom is 0.234 e. The zero-order valence-electron chi connectivity index (χ0n) is 13.4. The van der Waals surface area contributed by atoms with Gasteiger partial charge >= 0.3 is 0 Å². The second kappa shape index (κ2) is 7.02. The quantitative estimate of drug-likeness (QED) is 0.839. The SMILES string of the molecule is CC(C)(C(=O)Nc1cccc(C2SCCS2)c1)c1ccccc1. The fraction of sp³-hybridized carbons (Fsp3) is 0.316. The van der Waals surface area contributed by atoms with Crippen molar-refractivity contribution in [3.63, 3.8) is 0 Å². The molecule has 1 amide bonds. The molecule has 1 N–H and O–H groups in total. The van der Waals surface area contributed by atoms with Crippen LogP contribution in [0, 0.1) is 0 Å². The van der Waals surface area contributed by atoms with E-state index in [0.29, 0.717) is 4.58 Å². The molecule has 0 radical (unpaired) electrons. The van der Waals surface area contributed by atoms with Gasteiger partial charge in [0.25, 0.3) is 0 Å². The lowest BCUT2D eigenvalue weighted by Gasteiger charge is -2.24. The summed E-state index contributed by atoms with van der Waals surface area (Å²) in [5.41, 5.74) is 2.63. The Morgan fingerprint density at radius 2 is 1.74 bits per heavy atom. The third-order valence-corrected chi connectivity index (χ3v) is 7.21. The molecule has 23 heavy (non-hydrogen) atoms. The first-order valence-corrected chi connectivity index (χ1v) is 9.87. The Bertz CT molecular complexity index is 679. The van der Waals surface area contributed by atoms with E-state index in [1.54, 1.807) is 0 Å². The molecule has 2 nitrogen and oxygen atoms in total. The Morgan fingerprint density at radius 1 is 1.04 bits per heavy atom. The molecule has 0 atom stereocenters. The summed E-state index contributed by atoms with van der Waals surface area (Å²) >= 11 is 3.95. The zero-order valence-corrected chi connectivity index (χ0v) is 15.0. The number of amides is 1. The minimum Gasteiger partial charge on any atom is -0.325 e. The second-order valence-corrected chi connectivity index (χ2v) is 8.87. The fourth-order valence-corrected chi connectivity index (χ4v) is 5.43. The first kappa shape index (κ1) is 16.5. The monoisotopic (exact) mass is 343 g/mol. The van der Waals surface area contributed by atoms with Crippen molar-refractivity contribution in [2.75, 3.05) is 16.8 Å². The van der Waals surface area contributed by atoms with Gasteiger partial charge in [-0.2, -0.15) is 0 Å². The third kappa shape index (κ3) is 3.75. The number of rotatable bonds is 4. The Labute approximate surface area is 146 Å². The van der Waals surface area contributed by atoms with E-state index < -0.39 is 5.41 Å². The van der Waals surface area contributed by atoms with Gasteiger partial charge in [0.15, 0.2) is 0 Å². The van der Waals surface area contributed by atoms with Crippen LogP contribution in [0.25, 0.3) is 0 Å². The van der Waals surface area contributed by atoms with Crippen molar-refractivity contribution < 1.29 is 4.79 Å². The number of carbonyl (C=O) groups excluding carboxylic acids is 1. The molecule has 0 spiro atoms. The highest BCUT2D eigenvalue weighted by Gasteiger charge is 2.29. The molecule has 1 heterocycles. The van der Waals surface area contributed by atoms with Crippen molar-refractivity contribution in [1.82, 2.24) is 0 Å². The first-order valence-electron chi connectivity index (χ1n) is 7.77. The highest BCUT2D eigenvalue weighted by atomic mass is 32.2. The van der Waals surface area contributed by atoms with Crippen LogP contribution < -0.4 is 5.32 Å². The molecule has 120 valence electrons. The number of hydrogen-bond donors (Lipinski definition) is 1. The number of anilines is 1. The Balaban J connectivity index is 1.76. The average Bonchev–Trinajstić information content (AvgIpc) is 3.10. The Kier molecular flexibility index (Phi) is 5.02. The lowest BCUT2D eigenvalue weighted by Crippen LogP contribution is -2.34. The van der Waals surface area contributed by atoms with Crippen LogP contribution in [-0.4, -0.2) is 17.4 Å². The lowest BCUT2D eigenvalue weighted by atomic mass is 9.83. The number of nitrogens with one attached hydrogen (secondary N) is 1. The topological polar surface area (TPSA) is 29.1 Å². The van der Waals surface area contributed by atoms with E-state index in [4.69, 9.17) is 0 Å². The van der Waals surface area contributed by atoms with Crippen LogP contribution in [0.2, 0.25) is 0 Å². The Morgan fingerprint density at radius 3 is 2.43 bits per heavy atom. The molecule has 2 aromatic rings. The van der Waals surface area contributed by atoms with Crippen molar-refractivity contribution in [1.29, 1.82) is 0 Å². The van der Waals surface area contributed by atoms with Crippen LogP contribution in [0.3, 0.4) is 0 Å². The molecule has 1 saturated heterocycles. The smallest absolute Gasteiger partial charge is 0.234 e. The van der Waals surface area contributed by atoms with Crippen LogP contribution in [0.15, 0.2) is 54.6 Å². The maximum atomic E-state index is 12.7. The molecule has 0 bridgehead atoms. The van der Waals surface area contributed by atoms with E-state index in [-0.39, 0.29) is 5.91 Å². The van der Waals surface area contributed by atoms with E-state index in [9.17, 15) is 4.79 Å². The van der Waals surface area contributed by atoms with Gasteiger partial charge in [-0.05, 0) is 37.1 Å². The summed E-state index contributed by atoms with van der Waals surface area (Å²) in [6.45, 7) is 3.92. The van der Waals surface area contributed by atoms with E-state index in [1.165, 1.54) is 17.1 Å². The highest BCUT2D eigenvalue weighted by molar-refractivity contribution is 8.19. The van der Waals surface area contributed by atoms with Gasteiger partial charge < -0.3 is 5.32 Å². The van der Waals surface area contributed by atoms with Crippen molar-refractivity contribution in [2.24, 2.45) is 0 Å². The molecular weight excluding hydrogens is 322 g/mol. The van der Waals surface area contributed by atoms with Gasteiger partial charge in [0, 0.05) is 17.2 Å². The number of hydrogen-bond acceptors (Lipinski definition) is 3.